The fourth-order valence-corrected chi connectivity index (χ4v) is 4.72. The second-order valence-corrected chi connectivity index (χ2v) is 11.5. The van der Waals surface area contributed by atoms with E-state index in [1.165, 1.54) is 6.42 Å². The van der Waals surface area contributed by atoms with Crippen molar-refractivity contribution in [1.29, 1.82) is 0 Å². The van der Waals surface area contributed by atoms with Gasteiger partial charge in [-0.1, -0.05) is 70.4 Å². The zero-order valence-electron chi connectivity index (χ0n) is 23.3. The van der Waals surface area contributed by atoms with Gasteiger partial charge in [0, 0.05) is 12.1 Å². The van der Waals surface area contributed by atoms with E-state index in [0.29, 0.717) is 12.8 Å². The predicted octanol–water partition coefficient (Wildman–Crippen LogP) is 5.74. The standard InChI is InChI=1S/C29H47N3O4/c1-8-21(4)32(27(34)24(19-20(2)3)31-28(35)36-29(5,6)7)25(22-15-11-9-12-16-22)26(33)30-23-17-13-10-14-18-23/h9,11-12,15-16,20-21,23-25H,8,10,13-14,17-19H2,1-7H3,(H,30,33)(H,31,35). The van der Waals surface area contributed by atoms with Crippen LogP contribution in [0.2, 0.25) is 0 Å². The lowest BCUT2D eigenvalue weighted by Crippen LogP contribution is -2.56. The first kappa shape index (κ1) is 29.7. The molecule has 1 fully saturated rings. The monoisotopic (exact) mass is 501 g/mol. The lowest BCUT2D eigenvalue weighted by atomic mass is 9.94. The Hall–Kier alpha value is -2.57. The number of hydrogen-bond acceptors (Lipinski definition) is 4. The first-order valence-corrected chi connectivity index (χ1v) is 13.6. The summed E-state index contributed by atoms with van der Waals surface area (Å²) in [5.74, 6) is -0.280. The molecule has 7 heteroatoms. The molecule has 0 bridgehead atoms. The summed E-state index contributed by atoms with van der Waals surface area (Å²) in [5, 5.41) is 6.05. The van der Waals surface area contributed by atoms with Gasteiger partial charge in [0.05, 0.1) is 0 Å². The van der Waals surface area contributed by atoms with Crippen molar-refractivity contribution >= 4 is 17.9 Å². The Morgan fingerprint density at radius 1 is 1.03 bits per heavy atom. The third kappa shape index (κ3) is 9.14. The Morgan fingerprint density at radius 3 is 2.17 bits per heavy atom. The van der Waals surface area contributed by atoms with Gasteiger partial charge in [0.2, 0.25) is 11.8 Å². The van der Waals surface area contributed by atoms with E-state index in [9.17, 15) is 14.4 Å². The minimum absolute atomic E-state index is 0.123. The number of hydrogen-bond donors (Lipinski definition) is 2. The van der Waals surface area contributed by atoms with Crippen LogP contribution in [0.25, 0.3) is 0 Å². The molecule has 1 saturated carbocycles. The fraction of sp³-hybridized carbons (Fsp3) is 0.690. The molecule has 0 aliphatic heterocycles. The highest BCUT2D eigenvalue weighted by atomic mass is 16.6. The van der Waals surface area contributed by atoms with Crippen LogP contribution in [0.3, 0.4) is 0 Å². The van der Waals surface area contributed by atoms with E-state index in [2.05, 4.69) is 10.6 Å². The van der Waals surface area contributed by atoms with E-state index < -0.39 is 23.8 Å². The Morgan fingerprint density at radius 2 is 1.64 bits per heavy atom. The topological polar surface area (TPSA) is 87.7 Å². The lowest BCUT2D eigenvalue weighted by Gasteiger charge is -2.39. The zero-order chi connectivity index (χ0) is 26.9. The van der Waals surface area contributed by atoms with Gasteiger partial charge in [0.1, 0.15) is 17.7 Å². The molecular formula is C29H47N3O4. The Balaban J connectivity index is 2.43. The molecule has 36 heavy (non-hydrogen) atoms. The maximum absolute atomic E-state index is 14.2. The largest absolute Gasteiger partial charge is 0.444 e. The maximum atomic E-state index is 14.2. The van der Waals surface area contributed by atoms with Crippen molar-refractivity contribution < 1.29 is 19.1 Å². The van der Waals surface area contributed by atoms with Crippen LogP contribution in [0.1, 0.15) is 105 Å². The highest BCUT2D eigenvalue weighted by Gasteiger charge is 2.39. The maximum Gasteiger partial charge on any atom is 0.408 e. The van der Waals surface area contributed by atoms with Gasteiger partial charge in [-0.3, -0.25) is 9.59 Å². The molecule has 7 nitrogen and oxygen atoms in total. The van der Waals surface area contributed by atoms with E-state index in [1.54, 1.807) is 25.7 Å². The second kappa shape index (κ2) is 13.7. The Labute approximate surface area is 217 Å². The summed E-state index contributed by atoms with van der Waals surface area (Å²) in [6, 6.07) is 7.79. The number of carbonyl (C=O) groups is 3. The summed E-state index contributed by atoms with van der Waals surface area (Å²) in [4.78, 5) is 42.3. The van der Waals surface area contributed by atoms with Gasteiger partial charge in [0.25, 0.3) is 0 Å². The molecule has 0 aromatic heterocycles. The quantitative estimate of drug-likeness (QED) is 0.428. The molecule has 3 amide bonds. The van der Waals surface area contributed by atoms with Crippen LogP contribution in [0.4, 0.5) is 4.79 Å². The molecule has 0 heterocycles. The third-order valence-electron chi connectivity index (χ3n) is 6.61. The average molecular weight is 502 g/mol. The SMILES string of the molecule is CCC(C)N(C(=O)C(CC(C)C)NC(=O)OC(C)(C)C)C(C(=O)NC1CCCCC1)c1ccccc1. The molecule has 0 saturated heterocycles. The van der Waals surface area contributed by atoms with Crippen molar-refractivity contribution in [1.82, 2.24) is 15.5 Å². The van der Waals surface area contributed by atoms with Crippen molar-refractivity contribution in [3.63, 3.8) is 0 Å². The van der Waals surface area contributed by atoms with Crippen molar-refractivity contribution in [3.05, 3.63) is 35.9 Å². The van der Waals surface area contributed by atoms with E-state index >= 15 is 0 Å². The number of alkyl carbamates (subject to hydrolysis) is 1. The summed E-state index contributed by atoms with van der Waals surface area (Å²) >= 11 is 0. The molecule has 2 rings (SSSR count). The molecule has 0 radical (unpaired) electrons. The highest BCUT2D eigenvalue weighted by molar-refractivity contribution is 5.92. The molecule has 1 aromatic carbocycles. The van der Waals surface area contributed by atoms with E-state index in [1.807, 2.05) is 58.0 Å². The normalized spacial score (nSPS) is 17.1. The van der Waals surface area contributed by atoms with Crippen LogP contribution in [0.15, 0.2) is 30.3 Å². The number of carbonyl (C=O) groups excluding carboxylic acids is 3. The summed E-state index contributed by atoms with van der Waals surface area (Å²) < 4.78 is 5.46. The molecule has 2 N–H and O–H groups in total. The average Bonchev–Trinajstić information content (AvgIpc) is 2.80. The van der Waals surface area contributed by atoms with Crippen LogP contribution in [0.5, 0.6) is 0 Å². The molecule has 0 spiro atoms. The van der Waals surface area contributed by atoms with Crippen LogP contribution in [-0.4, -0.2) is 46.5 Å². The molecule has 1 aromatic rings. The number of benzene rings is 1. The van der Waals surface area contributed by atoms with Gasteiger partial charge in [-0.2, -0.15) is 0 Å². The van der Waals surface area contributed by atoms with E-state index in [4.69, 9.17) is 4.74 Å². The zero-order valence-corrected chi connectivity index (χ0v) is 23.3. The van der Waals surface area contributed by atoms with Gasteiger partial charge < -0.3 is 20.3 Å². The third-order valence-corrected chi connectivity index (χ3v) is 6.61. The summed E-state index contributed by atoms with van der Waals surface area (Å²) in [6.07, 6.45) is 5.80. The molecule has 3 atom stereocenters. The van der Waals surface area contributed by atoms with Gasteiger partial charge in [-0.15, -0.1) is 0 Å². The number of rotatable bonds is 10. The number of amides is 3. The number of nitrogens with one attached hydrogen (secondary N) is 2. The van der Waals surface area contributed by atoms with Crippen LogP contribution < -0.4 is 10.6 Å². The van der Waals surface area contributed by atoms with E-state index in [0.717, 1.165) is 31.2 Å². The molecular weight excluding hydrogens is 454 g/mol. The smallest absolute Gasteiger partial charge is 0.408 e. The first-order valence-electron chi connectivity index (χ1n) is 13.6. The summed E-state index contributed by atoms with van der Waals surface area (Å²) in [5.41, 5.74) is 0.0817. The van der Waals surface area contributed by atoms with Gasteiger partial charge >= 0.3 is 6.09 Å². The molecule has 202 valence electrons. The second-order valence-electron chi connectivity index (χ2n) is 11.5. The van der Waals surface area contributed by atoms with Crippen LogP contribution >= 0.6 is 0 Å². The van der Waals surface area contributed by atoms with E-state index in [-0.39, 0.29) is 29.8 Å². The number of ether oxygens (including phenoxy) is 1. The van der Waals surface area contributed by atoms with Crippen molar-refractivity contribution in [2.24, 2.45) is 5.92 Å². The number of nitrogens with zero attached hydrogens (tertiary/aromatic N) is 1. The van der Waals surface area contributed by atoms with Gasteiger partial charge in [-0.05, 0) is 64.9 Å². The van der Waals surface area contributed by atoms with Crippen molar-refractivity contribution in [2.45, 2.75) is 123 Å². The van der Waals surface area contributed by atoms with Gasteiger partial charge in [-0.25, -0.2) is 4.79 Å². The summed E-state index contributed by atoms with van der Waals surface area (Å²) in [7, 11) is 0. The minimum Gasteiger partial charge on any atom is -0.444 e. The van der Waals surface area contributed by atoms with Crippen LogP contribution in [0, 0.1) is 5.92 Å². The summed E-state index contributed by atoms with van der Waals surface area (Å²) in [6.45, 7) is 13.4. The molecule has 1 aliphatic rings. The predicted molar refractivity (Wildman–Crippen MR) is 143 cm³/mol. The lowest BCUT2D eigenvalue weighted by molar-refractivity contribution is -0.145. The Bertz CT molecular complexity index is 844. The molecule has 3 unspecified atom stereocenters. The van der Waals surface area contributed by atoms with Crippen LogP contribution in [-0.2, 0) is 14.3 Å². The fourth-order valence-electron chi connectivity index (χ4n) is 4.72. The van der Waals surface area contributed by atoms with Gasteiger partial charge in [0.15, 0.2) is 0 Å². The van der Waals surface area contributed by atoms with Crippen molar-refractivity contribution in [2.75, 3.05) is 0 Å². The molecule has 1 aliphatic carbocycles. The van der Waals surface area contributed by atoms with Crippen molar-refractivity contribution in [3.8, 4) is 0 Å². The minimum atomic E-state index is -0.803. The Kier molecular flexibility index (Phi) is 11.3. The highest BCUT2D eigenvalue weighted by Crippen LogP contribution is 2.28. The first-order chi connectivity index (χ1) is 16.9.